The summed E-state index contributed by atoms with van der Waals surface area (Å²) in [5.74, 6) is 2.23. The molecule has 0 saturated heterocycles. The van der Waals surface area contributed by atoms with Crippen LogP contribution < -0.4 is 27.0 Å². The van der Waals surface area contributed by atoms with Gasteiger partial charge in [-0.05, 0) is 130 Å². The average Bonchev–Trinajstić information content (AvgIpc) is 3.60. The first-order valence-corrected chi connectivity index (χ1v) is 23.7. The molecule has 4 aliphatic rings. The molecule has 0 aromatic carbocycles. The number of carboxylic acids is 1. The topological polar surface area (TPSA) is 217 Å². The minimum absolute atomic E-state index is 0.00133. The molecule has 4 saturated carbocycles. The third-order valence-electron chi connectivity index (χ3n) is 15.0. The van der Waals surface area contributed by atoms with E-state index in [1.165, 1.54) is 64.2 Å². The minimum Gasteiger partial charge on any atom is -0.480 e. The minimum atomic E-state index is -1.14. The van der Waals surface area contributed by atoms with E-state index in [-0.39, 0.29) is 82.7 Å². The number of hydrogen-bond acceptors (Lipinski definition) is 10. The fourth-order valence-corrected chi connectivity index (χ4v) is 11.8. The smallest absolute Gasteiger partial charge is 0.326 e. The van der Waals surface area contributed by atoms with Gasteiger partial charge in [-0.25, -0.2) is 4.79 Å². The van der Waals surface area contributed by atoms with Gasteiger partial charge in [0.1, 0.15) is 19.3 Å². The van der Waals surface area contributed by atoms with Crippen LogP contribution in [0.5, 0.6) is 0 Å². The highest BCUT2D eigenvalue weighted by Gasteiger charge is 2.60. The summed E-state index contributed by atoms with van der Waals surface area (Å²) < 4.78 is 21.4. The van der Waals surface area contributed by atoms with E-state index in [2.05, 4.69) is 42.0 Å². The van der Waals surface area contributed by atoms with Crippen LogP contribution in [0.3, 0.4) is 0 Å². The Morgan fingerprint density at radius 2 is 1.26 bits per heavy atom. The average molecular weight is 864 g/mol. The summed E-state index contributed by atoms with van der Waals surface area (Å²) in [5.41, 5.74) is 6.30. The molecule has 9 atom stereocenters. The molecule has 0 aliphatic heterocycles. The van der Waals surface area contributed by atoms with Crippen molar-refractivity contribution < 1.29 is 48.0 Å². The maximum absolute atomic E-state index is 13.0. The van der Waals surface area contributed by atoms with Gasteiger partial charge in [0.2, 0.25) is 23.6 Å². The van der Waals surface area contributed by atoms with Crippen LogP contribution in [0, 0.1) is 46.3 Å². The van der Waals surface area contributed by atoms with Crippen molar-refractivity contribution in [2.24, 2.45) is 52.1 Å². The van der Waals surface area contributed by atoms with Crippen molar-refractivity contribution in [2.45, 2.75) is 136 Å². The number of aliphatic carboxylic acids is 1. The van der Waals surface area contributed by atoms with Gasteiger partial charge in [-0.3, -0.25) is 19.2 Å². The summed E-state index contributed by atoms with van der Waals surface area (Å²) in [4.78, 5) is 61.0. The molecule has 0 heterocycles. The number of carbonyl (C=O) groups excluding carboxylic acids is 4. The number of ether oxygens (including phenoxy) is 4. The summed E-state index contributed by atoms with van der Waals surface area (Å²) in [6.45, 7) is 10.6. The Hall–Kier alpha value is -2.85. The third kappa shape index (κ3) is 16.0. The molecule has 0 spiro atoms. The predicted octanol–water partition coefficient (Wildman–Crippen LogP) is 4.35. The lowest BCUT2D eigenvalue weighted by molar-refractivity contribution is -0.142. The Bertz CT molecular complexity index is 1370. The van der Waals surface area contributed by atoms with Crippen LogP contribution in [0.25, 0.3) is 0 Å². The maximum atomic E-state index is 13.0. The molecule has 4 rings (SSSR count). The highest BCUT2D eigenvalue weighted by atomic mass is 16.5. The van der Waals surface area contributed by atoms with Gasteiger partial charge in [-0.15, -0.1) is 0 Å². The second-order valence-corrected chi connectivity index (χ2v) is 18.9. The normalized spacial score (nSPS) is 27.8. The van der Waals surface area contributed by atoms with Crippen molar-refractivity contribution >= 4 is 29.6 Å². The van der Waals surface area contributed by atoms with Gasteiger partial charge in [0, 0.05) is 32.5 Å². The summed E-state index contributed by atoms with van der Waals surface area (Å²) >= 11 is 0. The Kier molecular flexibility index (Phi) is 22.2. The quantitative estimate of drug-likeness (QED) is 0.0559. The zero-order valence-corrected chi connectivity index (χ0v) is 37.7. The van der Waals surface area contributed by atoms with E-state index in [0.29, 0.717) is 61.9 Å². The van der Waals surface area contributed by atoms with Crippen LogP contribution in [0.15, 0.2) is 0 Å². The lowest BCUT2D eigenvalue weighted by atomic mass is 9.44. The first kappa shape index (κ1) is 50.8. The molecule has 15 heteroatoms. The molecule has 0 aromatic heterocycles. The Morgan fingerprint density at radius 3 is 1.93 bits per heavy atom. The van der Waals surface area contributed by atoms with E-state index in [1.54, 1.807) is 0 Å². The van der Waals surface area contributed by atoms with Crippen molar-refractivity contribution in [2.75, 3.05) is 79.0 Å². The molecule has 5 unspecified atom stereocenters. The third-order valence-corrected chi connectivity index (χ3v) is 15.0. The first-order valence-electron chi connectivity index (χ1n) is 23.7. The van der Waals surface area contributed by atoms with Crippen LogP contribution in [0.2, 0.25) is 0 Å². The van der Waals surface area contributed by atoms with Crippen molar-refractivity contribution in [3.05, 3.63) is 0 Å². The van der Waals surface area contributed by atoms with E-state index >= 15 is 0 Å². The maximum Gasteiger partial charge on any atom is 0.326 e. The molecular formula is C46H81N5O10. The van der Waals surface area contributed by atoms with E-state index < -0.39 is 12.0 Å². The Labute approximate surface area is 365 Å². The molecule has 4 fully saturated rings. The molecule has 4 aliphatic carbocycles. The fourth-order valence-electron chi connectivity index (χ4n) is 11.8. The van der Waals surface area contributed by atoms with Crippen molar-refractivity contribution in [1.82, 2.24) is 21.3 Å². The number of carbonyl (C=O) groups is 5. The molecule has 7 N–H and O–H groups in total. The standard InChI is InChI=1S/C46H81N5O10/c1-33(36-13-14-37-35-12-11-34-9-5-6-19-45(34,2)38(35)18-20-46(36,37)3)10-16-41(53)51-39(44(56)57)15-17-40(52)49-23-25-58-27-30-61-32-43(55)50-24-26-59-28-29-60-31-42(54)48-22-8-4-7-21-47/h33-39H,4-32,47H2,1-3H3,(H,48,54)(H,49,52)(H,50,55)(H,51,53)(H,56,57)/t33-,34+,35?,36?,37?,38?,39?,45+,46-/m1/s1. The van der Waals surface area contributed by atoms with Gasteiger partial charge in [0.05, 0.1) is 39.6 Å². The number of nitrogens with one attached hydrogen (secondary N) is 4. The number of nitrogens with two attached hydrogens (primary N) is 1. The lowest BCUT2D eigenvalue weighted by Gasteiger charge is -2.61. The molecular weight excluding hydrogens is 783 g/mol. The molecule has 350 valence electrons. The summed E-state index contributed by atoms with van der Waals surface area (Å²) in [7, 11) is 0. The van der Waals surface area contributed by atoms with Crippen LogP contribution in [-0.4, -0.2) is 120 Å². The van der Waals surface area contributed by atoms with Gasteiger partial charge in [-0.2, -0.15) is 0 Å². The number of carboxylic acid groups (broad SMARTS) is 1. The molecule has 4 amide bonds. The number of rotatable bonds is 30. The van der Waals surface area contributed by atoms with Gasteiger partial charge in [0.15, 0.2) is 0 Å². The molecule has 0 aromatic rings. The number of fused-ring (bicyclic) bond motifs is 5. The highest BCUT2D eigenvalue weighted by molar-refractivity contribution is 5.84. The molecule has 61 heavy (non-hydrogen) atoms. The summed E-state index contributed by atoms with van der Waals surface area (Å²) in [6.07, 6.45) is 17.5. The Balaban J connectivity index is 0.974. The van der Waals surface area contributed by atoms with E-state index in [1.807, 2.05) is 0 Å². The number of unbranched alkanes of at least 4 members (excludes halogenated alkanes) is 2. The van der Waals surface area contributed by atoms with Gasteiger partial charge >= 0.3 is 5.97 Å². The monoisotopic (exact) mass is 864 g/mol. The number of amides is 4. The van der Waals surface area contributed by atoms with E-state index in [9.17, 15) is 29.1 Å². The Morgan fingerprint density at radius 1 is 0.639 bits per heavy atom. The molecule has 15 nitrogen and oxygen atoms in total. The zero-order chi connectivity index (χ0) is 44.1. The second kappa shape index (κ2) is 26.7. The predicted molar refractivity (Wildman–Crippen MR) is 232 cm³/mol. The summed E-state index contributed by atoms with van der Waals surface area (Å²) in [6, 6.07) is -1.13. The largest absolute Gasteiger partial charge is 0.480 e. The van der Waals surface area contributed by atoms with Crippen molar-refractivity contribution in [3.8, 4) is 0 Å². The van der Waals surface area contributed by atoms with Gasteiger partial charge in [0.25, 0.3) is 0 Å². The van der Waals surface area contributed by atoms with Gasteiger partial charge < -0.3 is 51.1 Å². The summed E-state index contributed by atoms with van der Waals surface area (Å²) in [5, 5.41) is 20.7. The molecule has 0 radical (unpaired) electrons. The van der Waals surface area contributed by atoms with E-state index in [4.69, 9.17) is 24.7 Å². The van der Waals surface area contributed by atoms with E-state index in [0.717, 1.165) is 49.4 Å². The van der Waals surface area contributed by atoms with Crippen LogP contribution in [0.1, 0.15) is 130 Å². The molecule has 0 bridgehead atoms. The highest BCUT2D eigenvalue weighted by Crippen LogP contribution is 2.68. The second-order valence-electron chi connectivity index (χ2n) is 18.9. The van der Waals surface area contributed by atoms with Crippen molar-refractivity contribution in [1.29, 1.82) is 0 Å². The SMILES string of the molecule is C[C@H](CCC(=O)NC(CCC(=O)NCCOCCOCC(=O)NCCOCCOCC(=O)NCCCCCN)C(=O)O)C1CCC2C3CC[C@@H]4CCCC[C@]4(C)C3CC[C@@]21C. The first-order chi connectivity index (χ1) is 29.4. The fraction of sp³-hybridized carbons (Fsp3) is 0.891. The zero-order valence-electron chi connectivity index (χ0n) is 37.7. The van der Waals surface area contributed by atoms with Crippen molar-refractivity contribution in [3.63, 3.8) is 0 Å². The van der Waals surface area contributed by atoms with Crippen LogP contribution in [-0.2, 0) is 42.9 Å². The number of hydrogen-bond donors (Lipinski definition) is 6. The van der Waals surface area contributed by atoms with Crippen LogP contribution in [0.4, 0.5) is 0 Å². The van der Waals surface area contributed by atoms with Gasteiger partial charge in [-0.1, -0.05) is 40.0 Å². The lowest BCUT2D eigenvalue weighted by Crippen LogP contribution is -2.53. The van der Waals surface area contributed by atoms with Crippen LogP contribution >= 0.6 is 0 Å².